The highest BCUT2D eigenvalue weighted by atomic mass is 79.9. The van der Waals surface area contributed by atoms with E-state index in [9.17, 15) is 4.79 Å². The number of halogens is 1. The predicted octanol–water partition coefficient (Wildman–Crippen LogP) is 2.92. The largest absolute Gasteiger partial charge is 0.480 e. The van der Waals surface area contributed by atoms with E-state index in [0.717, 1.165) is 20.9 Å². The molecule has 2 aromatic rings. The number of aromatic nitrogens is 1. The van der Waals surface area contributed by atoms with Gasteiger partial charge in [-0.2, -0.15) is 0 Å². The fourth-order valence-electron chi connectivity index (χ4n) is 1.97. The molecule has 0 saturated carbocycles. The van der Waals surface area contributed by atoms with Gasteiger partial charge in [0.15, 0.2) is 0 Å². The quantitative estimate of drug-likeness (QED) is 0.911. The average molecular weight is 327 g/mol. The molecule has 1 atom stereocenters. The third kappa shape index (κ3) is 3.36. The number of hydrogen-bond acceptors (Lipinski definition) is 2. The number of hydrogen-bond donors (Lipinski definition) is 2. The van der Waals surface area contributed by atoms with Crippen molar-refractivity contribution in [3.8, 4) is 0 Å². The lowest BCUT2D eigenvalue weighted by atomic mass is 10.1. The molecule has 1 heterocycles. The minimum absolute atomic E-state index is 0.329. The Kier molecular flexibility index (Phi) is 5.57. The van der Waals surface area contributed by atoms with Crippen molar-refractivity contribution in [1.29, 1.82) is 0 Å². The van der Waals surface area contributed by atoms with Crippen LogP contribution in [-0.2, 0) is 18.3 Å². The third-order valence-corrected chi connectivity index (χ3v) is 3.46. The highest BCUT2D eigenvalue weighted by molar-refractivity contribution is 9.10. The van der Waals surface area contributed by atoms with E-state index in [0.29, 0.717) is 6.42 Å². The molecule has 0 spiro atoms. The van der Waals surface area contributed by atoms with Crippen LogP contribution in [0.2, 0.25) is 0 Å². The summed E-state index contributed by atoms with van der Waals surface area (Å²) in [5.41, 5.74) is 7.59. The van der Waals surface area contributed by atoms with Crippen molar-refractivity contribution in [3.63, 3.8) is 0 Å². The van der Waals surface area contributed by atoms with E-state index < -0.39 is 12.0 Å². The van der Waals surface area contributed by atoms with Crippen LogP contribution >= 0.6 is 15.9 Å². The monoisotopic (exact) mass is 326 g/mol. The minimum Gasteiger partial charge on any atom is -0.480 e. The summed E-state index contributed by atoms with van der Waals surface area (Å²) in [5.74, 6) is -0.978. The molecule has 0 amide bonds. The molecule has 0 fully saturated rings. The topological polar surface area (TPSA) is 68.2 Å². The number of aliphatic carboxylic acids is 1. The zero-order valence-corrected chi connectivity index (χ0v) is 12.9. The number of aryl methyl sites for hydroxylation is 1. The molecular weight excluding hydrogens is 308 g/mol. The van der Waals surface area contributed by atoms with Crippen molar-refractivity contribution in [2.24, 2.45) is 12.8 Å². The highest BCUT2D eigenvalue weighted by Gasteiger charge is 2.16. The Hall–Kier alpha value is -1.33. The number of benzene rings is 1. The first-order valence-corrected chi connectivity index (χ1v) is 7.01. The first-order valence-electron chi connectivity index (χ1n) is 6.21. The van der Waals surface area contributed by atoms with Gasteiger partial charge in [-0.15, -0.1) is 0 Å². The molecule has 1 aromatic carbocycles. The van der Waals surface area contributed by atoms with Crippen LogP contribution in [0.5, 0.6) is 0 Å². The first-order chi connectivity index (χ1) is 9.00. The van der Waals surface area contributed by atoms with E-state index in [2.05, 4.69) is 15.9 Å². The van der Waals surface area contributed by atoms with Crippen molar-refractivity contribution in [3.05, 3.63) is 34.4 Å². The second-order valence-corrected chi connectivity index (χ2v) is 4.90. The molecular formula is C14H19BrN2O2. The van der Waals surface area contributed by atoms with Crippen molar-refractivity contribution < 1.29 is 9.90 Å². The summed E-state index contributed by atoms with van der Waals surface area (Å²) in [6.45, 7) is 4.00. The lowest BCUT2D eigenvalue weighted by Gasteiger charge is -2.05. The van der Waals surface area contributed by atoms with Gasteiger partial charge in [0.2, 0.25) is 0 Å². The molecule has 0 aliphatic carbocycles. The second kappa shape index (κ2) is 6.73. The van der Waals surface area contributed by atoms with Crippen LogP contribution in [0, 0.1) is 0 Å². The molecule has 5 heteroatoms. The summed E-state index contributed by atoms with van der Waals surface area (Å²) < 4.78 is 2.94. The summed E-state index contributed by atoms with van der Waals surface area (Å²) in [6.07, 6.45) is 2.26. The molecule has 2 rings (SSSR count). The third-order valence-electron chi connectivity index (χ3n) is 2.80. The van der Waals surface area contributed by atoms with E-state index in [1.54, 1.807) is 0 Å². The molecule has 0 aliphatic rings. The maximum Gasteiger partial charge on any atom is 0.320 e. The Balaban J connectivity index is 0.000000861. The molecule has 4 nitrogen and oxygen atoms in total. The molecule has 0 saturated heterocycles. The van der Waals surface area contributed by atoms with Gasteiger partial charge in [0, 0.05) is 35.0 Å². The number of carbonyl (C=O) groups is 1. The maximum absolute atomic E-state index is 10.8. The van der Waals surface area contributed by atoms with Crippen molar-refractivity contribution in [1.82, 2.24) is 4.57 Å². The lowest BCUT2D eigenvalue weighted by Crippen LogP contribution is -2.32. The predicted molar refractivity (Wildman–Crippen MR) is 81.3 cm³/mol. The molecule has 1 unspecified atom stereocenters. The number of nitrogens with zero attached hydrogens (tertiary/aromatic N) is 1. The van der Waals surface area contributed by atoms with Crippen LogP contribution in [0.1, 0.15) is 19.4 Å². The Labute approximate surface area is 121 Å². The number of carboxylic acids is 1. The Morgan fingerprint density at radius 2 is 2.11 bits per heavy atom. The van der Waals surface area contributed by atoms with E-state index >= 15 is 0 Å². The van der Waals surface area contributed by atoms with E-state index in [1.807, 2.05) is 49.9 Å². The van der Waals surface area contributed by atoms with E-state index in [1.165, 1.54) is 0 Å². The fraction of sp³-hybridized carbons (Fsp3) is 0.357. The molecule has 3 N–H and O–H groups in total. The molecule has 0 aliphatic heterocycles. The van der Waals surface area contributed by atoms with Gasteiger partial charge in [0.1, 0.15) is 6.04 Å². The average Bonchev–Trinajstić information content (AvgIpc) is 2.70. The Morgan fingerprint density at radius 3 is 2.68 bits per heavy atom. The number of fused-ring (bicyclic) bond motifs is 1. The van der Waals surface area contributed by atoms with Gasteiger partial charge in [-0.05, 0) is 17.7 Å². The van der Waals surface area contributed by atoms with Crippen molar-refractivity contribution in [2.75, 3.05) is 0 Å². The number of rotatable bonds is 3. The maximum atomic E-state index is 10.8. The molecule has 19 heavy (non-hydrogen) atoms. The molecule has 104 valence electrons. The molecule has 1 aromatic heterocycles. The summed E-state index contributed by atoms with van der Waals surface area (Å²) in [5, 5.41) is 9.88. The van der Waals surface area contributed by atoms with Crippen LogP contribution in [0.15, 0.2) is 28.9 Å². The zero-order chi connectivity index (χ0) is 14.6. The minimum atomic E-state index is -0.978. The van der Waals surface area contributed by atoms with Gasteiger partial charge >= 0.3 is 5.97 Å². The standard InChI is InChI=1S/C12H13BrN2O2.C2H6/c1-15-6-7(5-9(14)12(16)17)11-8(13)3-2-4-10(11)15;1-2/h2-4,6,9H,5,14H2,1H3,(H,16,17);1-2H3. The van der Waals surface area contributed by atoms with Crippen LogP contribution in [0.25, 0.3) is 10.9 Å². The number of carboxylic acid groups (broad SMARTS) is 1. The van der Waals surface area contributed by atoms with Crippen molar-refractivity contribution >= 4 is 32.8 Å². The smallest absolute Gasteiger partial charge is 0.320 e. The van der Waals surface area contributed by atoms with Gasteiger partial charge < -0.3 is 15.4 Å². The van der Waals surface area contributed by atoms with Crippen LogP contribution in [0.3, 0.4) is 0 Å². The summed E-state index contributed by atoms with van der Waals surface area (Å²) >= 11 is 3.49. The summed E-state index contributed by atoms with van der Waals surface area (Å²) in [4.78, 5) is 10.8. The van der Waals surface area contributed by atoms with Gasteiger partial charge in [0.25, 0.3) is 0 Å². The van der Waals surface area contributed by atoms with Crippen LogP contribution < -0.4 is 5.73 Å². The molecule has 0 radical (unpaired) electrons. The first kappa shape index (κ1) is 15.7. The Morgan fingerprint density at radius 1 is 1.47 bits per heavy atom. The van der Waals surface area contributed by atoms with E-state index in [4.69, 9.17) is 10.8 Å². The lowest BCUT2D eigenvalue weighted by molar-refractivity contribution is -0.138. The number of nitrogens with two attached hydrogens (primary N) is 1. The summed E-state index contributed by atoms with van der Waals surface area (Å²) in [6, 6.07) is 5.02. The zero-order valence-electron chi connectivity index (χ0n) is 11.4. The van der Waals surface area contributed by atoms with Crippen LogP contribution in [0.4, 0.5) is 0 Å². The highest BCUT2D eigenvalue weighted by Crippen LogP contribution is 2.29. The van der Waals surface area contributed by atoms with Crippen molar-refractivity contribution in [2.45, 2.75) is 26.3 Å². The van der Waals surface area contributed by atoms with Gasteiger partial charge in [-0.1, -0.05) is 35.8 Å². The van der Waals surface area contributed by atoms with Gasteiger partial charge in [-0.3, -0.25) is 4.79 Å². The molecule has 0 bridgehead atoms. The second-order valence-electron chi connectivity index (χ2n) is 4.05. The Bertz CT molecular complexity index is 578. The van der Waals surface area contributed by atoms with Gasteiger partial charge in [0.05, 0.1) is 0 Å². The van der Waals surface area contributed by atoms with Gasteiger partial charge in [-0.25, -0.2) is 0 Å². The summed E-state index contributed by atoms with van der Waals surface area (Å²) in [7, 11) is 1.94. The van der Waals surface area contributed by atoms with Crippen LogP contribution in [-0.4, -0.2) is 21.7 Å². The van der Waals surface area contributed by atoms with E-state index in [-0.39, 0.29) is 0 Å². The fourth-order valence-corrected chi connectivity index (χ4v) is 2.58. The normalized spacial score (nSPS) is 11.8. The SMILES string of the molecule is CC.Cn1cc(CC(N)C(=O)O)c2c(Br)cccc21.